The summed E-state index contributed by atoms with van der Waals surface area (Å²) < 4.78 is 0. The molecule has 0 aromatic heterocycles. The molecule has 1 aliphatic carbocycles. The fourth-order valence-electron chi connectivity index (χ4n) is 4.59. The largest absolute Gasteiger partial charge is 0.354 e. The molecule has 2 saturated heterocycles. The van der Waals surface area contributed by atoms with Crippen LogP contribution in [-0.2, 0) is 4.79 Å². The van der Waals surface area contributed by atoms with Crippen LogP contribution in [0.25, 0.3) is 0 Å². The smallest absolute Gasteiger partial charge is 0.318 e. The number of carbonyl (C=O) groups excluding carboxylic acids is 2. The van der Waals surface area contributed by atoms with E-state index in [0.717, 1.165) is 45.3 Å². The van der Waals surface area contributed by atoms with Crippen LogP contribution in [0.2, 0.25) is 0 Å². The molecule has 0 aromatic rings. The van der Waals surface area contributed by atoms with Gasteiger partial charge in [-0.25, -0.2) is 4.79 Å². The van der Waals surface area contributed by atoms with Crippen LogP contribution in [-0.4, -0.2) is 42.5 Å². The van der Waals surface area contributed by atoms with E-state index in [4.69, 9.17) is 0 Å². The Morgan fingerprint density at radius 3 is 2.57 bits per heavy atom. The van der Waals surface area contributed by atoms with Crippen LogP contribution in [0.3, 0.4) is 0 Å². The molecule has 130 valence electrons. The Morgan fingerprint density at radius 1 is 1.04 bits per heavy atom. The zero-order valence-electron chi connectivity index (χ0n) is 14.2. The quantitative estimate of drug-likeness (QED) is 0.780. The van der Waals surface area contributed by atoms with Crippen LogP contribution in [0, 0.1) is 5.41 Å². The van der Waals surface area contributed by atoms with E-state index in [2.05, 4.69) is 10.6 Å². The fourth-order valence-corrected chi connectivity index (χ4v) is 4.59. The van der Waals surface area contributed by atoms with Crippen LogP contribution in [0.5, 0.6) is 0 Å². The number of piperidine rings is 1. The van der Waals surface area contributed by atoms with Crippen molar-refractivity contribution in [1.29, 1.82) is 0 Å². The number of likely N-dealkylation sites (tertiary alicyclic amines) is 1. The summed E-state index contributed by atoms with van der Waals surface area (Å²) in [5, 5.41) is 5.89. The van der Waals surface area contributed by atoms with Gasteiger partial charge in [-0.05, 0) is 50.4 Å². The first kappa shape index (κ1) is 16.6. The number of nitrogens with one attached hydrogen (secondary N) is 2. The zero-order chi connectivity index (χ0) is 16.1. The summed E-state index contributed by atoms with van der Waals surface area (Å²) in [4.78, 5) is 26.7. The molecule has 3 rings (SSSR count). The first-order valence-corrected chi connectivity index (χ1v) is 9.52. The number of nitrogens with zero attached hydrogens (tertiary/aromatic N) is 1. The lowest BCUT2D eigenvalue weighted by atomic mass is 9.74. The number of rotatable bonds is 1. The third-order valence-electron chi connectivity index (χ3n) is 5.95. The minimum absolute atomic E-state index is 0.0166. The molecule has 0 unspecified atom stereocenters. The molecular weight excluding hydrogens is 290 g/mol. The Bertz CT molecular complexity index is 430. The van der Waals surface area contributed by atoms with E-state index in [9.17, 15) is 9.59 Å². The minimum atomic E-state index is -0.350. The summed E-state index contributed by atoms with van der Waals surface area (Å²) >= 11 is 0. The molecule has 5 heteroatoms. The first-order valence-electron chi connectivity index (χ1n) is 9.52. The van der Waals surface area contributed by atoms with Crippen molar-refractivity contribution in [2.75, 3.05) is 19.6 Å². The van der Waals surface area contributed by atoms with E-state index < -0.39 is 0 Å². The Kier molecular flexibility index (Phi) is 5.44. The Hall–Kier alpha value is -1.26. The predicted octanol–water partition coefficient (Wildman–Crippen LogP) is 2.80. The molecule has 0 bridgehead atoms. The molecule has 1 atom stereocenters. The second-order valence-corrected chi connectivity index (χ2v) is 7.73. The number of hydrogen-bond acceptors (Lipinski definition) is 2. The SMILES string of the molecule is O=C1NCCCC[C@@H]1NC(=O)N1CCCC2(CCCCCC2)C1. The summed E-state index contributed by atoms with van der Waals surface area (Å²) in [6, 6.07) is -0.382. The van der Waals surface area contributed by atoms with Crippen molar-refractivity contribution in [2.45, 2.75) is 76.7 Å². The number of hydrogen-bond donors (Lipinski definition) is 2. The maximum absolute atomic E-state index is 12.7. The highest BCUT2D eigenvalue weighted by Gasteiger charge is 2.37. The lowest BCUT2D eigenvalue weighted by Gasteiger charge is -2.43. The third kappa shape index (κ3) is 4.18. The molecule has 23 heavy (non-hydrogen) atoms. The zero-order valence-corrected chi connectivity index (χ0v) is 14.2. The molecule has 3 amide bonds. The van der Waals surface area contributed by atoms with Gasteiger partial charge in [0.1, 0.15) is 6.04 Å². The fraction of sp³-hybridized carbons (Fsp3) is 0.889. The number of urea groups is 1. The summed E-state index contributed by atoms with van der Waals surface area (Å²) in [6.45, 7) is 2.45. The molecule has 2 aliphatic heterocycles. The van der Waals surface area contributed by atoms with Crippen molar-refractivity contribution in [3.8, 4) is 0 Å². The lowest BCUT2D eigenvalue weighted by Crippen LogP contribution is -2.54. The van der Waals surface area contributed by atoms with Crippen LogP contribution in [0.4, 0.5) is 4.79 Å². The third-order valence-corrected chi connectivity index (χ3v) is 5.95. The number of carbonyl (C=O) groups is 2. The minimum Gasteiger partial charge on any atom is -0.354 e. The standard InChI is InChI=1S/C18H31N3O2/c22-16-15(8-3-6-12-19-16)20-17(23)21-13-7-11-18(14-21)9-4-1-2-5-10-18/h15H,1-14H2,(H,19,22)(H,20,23)/t15-/m0/s1. The monoisotopic (exact) mass is 321 g/mol. The van der Waals surface area contributed by atoms with Gasteiger partial charge in [0.2, 0.25) is 5.91 Å². The normalized spacial score (nSPS) is 28.6. The van der Waals surface area contributed by atoms with E-state index in [1.165, 1.54) is 44.9 Å². The van der Waals surface area contributed by atoms with Gasteiger partial charge >= 0.3 is 6.03 Å². The van der Waals surface area contributed by atoms with Gasteiger partial charge in [0, 0.05) is 19.6 Å². The Labute approximate surface area is 139 Å². The maximum atomic E-state index is 12.7. The van der Waals surface area contributed by atoms with Crippen molar-refractivity contribution in [3.05, 3.63) is 0 Å². The molecule has 0 radical (unpaired) electrons. The van der Waals surface area contributed by atoms with Gasteiger partial charge in [0.05, 0.1) is 0 Å². The summed E-state index contributed by atoms with van der Waals surface area (Å²) in [6.07, 6.45) is 13.0. The van der Waals surface area contributed by atoms with Crippen molar-refractivity contribution in [1.82, 2.24) is 15.5 Å². The predicted molar refractivity (Wildman–Crippen MR) is 90.1 cm³/mol. The van der Waals surface area contributed by atoms with Crippen LogP contribution in [0.15, 0.2) is 0 Å². The Morgan fingerprint density at radius 2 is 1.78 bits per heavy atom. The maximum Gasteiger partial charge on any atom is 0.318 e. The van der Waals surface area contributed by atoms with E-state index in [1.807, 2.05) is 4.90 Å². The first-order chi connectivity index (χ1) is 11.2. The average molecular weight is 321 g/mol. The van der Waals surface area contributed by atoms with Gasteiger partial charge in [0.15, 0.2) is 0 Å². The van der Waals surface area contributed by atoms with Crippen LogP contribution >= 0.6 is 0 Å². The molecule has 5 nitrogen and oxygen atoms in total. The molecule has 3 fully saturated rings. The van der Waals surface area contributed by atoms with E-state index in [0.29, 0.717) is 5.41 Å². The van der Waals surface area contributed by atoms with Gasteiger partial charge in [0.25, 0.3) is 0 Å². The van der Waals surface area contributed by atoms with E-state index >= 15 is 0 Å². The molecule has 1 spiro atoms. The van der Waals surface area contributed by atoms with Crippen molar-refractivity contribution in [3.63, 3.8) is 0 Å². The second-order valence-electron chi connectivity index (χ2n) is 7.73. The lowest BCUT2D eigenvalue weighted by molar-refractivity contribution is -0.122. The average Bonchev–Trinajstić information content (AvgIpc) is 2.89. The van der Waals surface area contributed by atoms with Gasteiger partial charge in [-0.2, -0.15) is 0 Å². The van der Waals surface area contributed by atoms with Crippen LogP contribution in [0.1, 0.15) is 70.6 Å². The van der Waals surface area contributed by atoms with Gasteiger partial charge in [-0.1, -0.05) is 25.7 Å². The molecule has 2 heterocycles. The highest BCUT2D eigenvalue weighted by atomic mass is 16.2. The van der Waals surface area contributed by atoms with Gasteiger partial charge in [-0.15, -0.1) is 0 Å². The van der Waals surface area contributed by atoms with Gasteiger partial charge in [-0.3, -0.25) is 4.79 Å². The molecule has 3 aliphatic rings. The summed E-state index contributed by atoms with van der Waals surface area (Å²) in [5.74, 6) is -0.0166. The summed E-state index contributed by atoms with van der Waals surface area (Å²) in [7, 11) is 0. The van der Waals surface area contributed by atoms with Gasteiger partial charge < -0.3 is 15.5 Å². The van der Waals surface area contributed by atoms with E-state index in [1.54, 1.807) is 0 Å². The second kappa shape index (κ2) is 7.54. The molecular formula is C18H31N3O2. The van der Waals surface area contributed by atoms with E-state index in [-0.39, 0.29) is 18.0 Å². The summed E-state index contributed by atoms with van der Waals surface area (Å²) in [5.41, 5.74) is 0.345. The van der Waals surface area contributed by atoms with Crippen molar-refractivity contribution in [2.24, 2.45) is 5.41 Å². The highest BCUT2D eigenvalue weighted by Crippen LogP contribution is 2.42. The highest BCUT2D eigenvalue weighted by molar-refractivity contribution is 5.87. The Balaban J connectivity index is 1.59. The molecule has 2 N–H and O–H groups in total. The topological polar surface area (TPSA) is 61.4 Å². The van der Waals surface area contributed by atoms with Crippen LogP contribution < -0.4 is 10.6 Å². The molecule has 1 saturated carbocycles. The number of amides is 3. The van der Waals surface area contributed by atoms with Crippen molar-refractivity contribution >= 4 is 11.9 Å². The van der Waals surface area contributed by atoms with Crippen molar-refractivity contribution < 1.29 is 9.59 Å². The molecule has 0 aromatic carbocycles.